The molecule has 2 rings (SSSR count). The highest BCUT2D eigenvalue weighted by Crippen LogP contribution is 2.25. The zero-order chi connectivity index (χ0) is 26.9. The summed E-state index contributed by atoms with van der Waals surface area (Å²) in [7, 11) is -3.59. The van der Waals surface area contributed by atoms with E-state index in [0.29, 0.717) is 27.3 Å². The third-order valence-corrected chi connectivity index (χ3v) is 7.75. The van der Waals surface area contributed by atoms with Gasteiger partial charge in [-0.25, -0.2) is 8.42 Å². The van der Waals surface area contributed by atoms with Gasteiger partial charge in [-0.15, -0.1) is 0 Å². The molecule has 2 aromatic carbocycles. The Morgan fingerprint density at radius 2 is 1.75 bits per heavy atom. The van der Waals surface area contributed by atoms with E-state index in [4.69, 9.17) is 34.8 Å². The molecular formula is C25H32Cl3N3O4S. The number of benzene rings is 2. The summed E-state index contributed by atoms with van der Waals surface area (Å²) in [5, 5.41) is 4.02. The van der Waals surface area contributed by atoms with Gasteiger partial charge < -0.3 is 10.2 Å². The van der Waals surface area contributed by atoms with Gasteiger partial charge in [0.15, 0.2) is 0 Å². The summed E-state index contributed by atoms with van der Waals surface area (Å²) in [5.41, 5.74) is 1.15. The van der Waals surface area contributed by atoms with Crippen LogP contribution in [-0.4, -0.2) is 50.5 Å². The predicted octanol–water partition coefficient (Wildman–Crippen LogP) is 5.53. The van der Waals surface area contributed by atoms with Crippen LogP contribution in [0, 0.1) is 0 Å². The van der Waals surface area contributed by atoms with Gasteiger partial charge in [0.05, 0.1) is 22.0 Å². The Balaban J connectivity index is 2.17. The fourth-order valence-electron chi connectivity index (χ4n) is 3.59. The van der Waals surface area contributed by atoms with Crippen molar-refractivity contribution < 1.29 is 18.0 Å². The Bertz CT molecular complexity index is 1160. The molecule has 0 saturated carbocycles. The summed E-state index contributed by atoms with van der Waals surface area (Å²) in [6, 6.07) is 10.8. The molecule has 0 aromatic heterocycles. The van der Waals surface area contributed by atoms with Crippen LogP contribution in [0.3, 0.4) is 0 Å². The molecule has 0 aliphatic heterocycles. The molecule has 198 valence electrons. The molecule has 0 saturated heterocycles. The van der Waals surface area contributed by atoms with E-state index in [9.17, 15) is 18.0 Å². The van der Waals surface area contributed by atoms with Gasteiger partial charge in [0.2, 0.25) is 21.8 Å². The van der Waals surface area contributed by atoms with Gasteiger partial charge >= 0.3 is 0 Å². The van der Waals surface area contributed by atoms with Crippen molar-refractivity contribution >= 4 is 62.3 Å². The Labute approximate surface area is 228 Å². The number of carbonyl (C=O) groups is 2. The van der Waals surface area contributed by atoms with Gasteiger partial charge in [0.25, 0.3) is 0 Å². The largest absolute Gasteiger partial charge is 0.354 e. The van der Waals surface area contributed by atoms with Gasteiger partial charge in [-0.3, -0.25) is 13.9 Å². The second kappa shape index (κ2) is 14.1. The molecule has 1 N–H and O–H groups in total. The maximum absolute atomic E-state index is 13.3. The molecule has 11 heteroatoms. The number of nitrogens with zero attached hydrogens (tertiary/aromatic N) is 2. The van der Waals surface area contributed by atoms with Crippen LogP contribution >= 0.6 is 34.8 Å². The SMILES string of the molecule is CCCCNC(=O)C(C)N(Cc1ccc(Cl)c(Cl)c1)C(=O)CCCN(c1cccc(Cl)c1)S(C)(=O)=O. The molecule has 1 atom stereocenters. The third kappa shape index (κ3) is 9.14. The van der Waals surface area contributed by atoms with Gasteiger partial charge in [-0.2, -0.15) is 0 Å². The van der Waals surface area contributed by atoms with Crippen LogP contribution in [0.5, 0.6) is 0 Å². The minimum atomic E-state index is -3.59. The molecule has 0 aliphatic carbocycles. The Kier molecular flexibility index (Phi) is 11.8. The predicted molar refractivity (Wildman–Crippen MR) is 147 cm³/mol. The number of rotatable bonds is 13. The normalized spacial score (nSPS) is 12.2. The number of hydrogen-bond donors (Lipinski definition) is 1. The van der Waals surface area contributed by atoms with Crippen LogP contribution < -0.4 is 9.62 Å². The van der Waals surface area contributed by atoms with Crippen molar-refractivity contribution in [3.8, 4) is 0 Å². The van der Waals surface area contributed by atoms with E-state index in [1.807, 2.05) is 6.92 Å². The molecule has 2 amide bonds. The highest BCUT2D eigenvalue weighted by molar-refractivity contribution is 7.92. The highest BCUT2D eigenvalue weighted by atomic mass is 35.5. The van der Waals surface area contributed by atoms with Gasteiger partial charge in [0.1, 0.15) is 6.04 Å². The second-order valence-corrected chi connectivity index (χ2v) is 11.7. The number of sulfonamides is 1. The molecule has 0 bridgehead atoms. The highest BCUT2D eigenvalue weighted by Gasteiger charge is 2.26. The van der Waals surface area contributed by atoms with E-state index < -0.39 is 16.1 Å². The van der Waals surface area contributed by atoms with E-state index in [2.05, 4.69) is 5.32 Å². The summed E-state index contributed by atoms with van der Waals surface area (Å²) >= 11 is 18.2. The third-order valence-electron chi connectivity index (χ3n) is 5.58. The monoisotopic (exact) mass is 575 g/mol. The number of hydrogen-bond acceptors (Lipinski definition) is 4. The molecular weight excluding hydrogens is 545 g/mol. The van der Waals surface area contributed by atoms with Crippen molar-refractivity contribution in [3.63, 3.8) is 0 Å². The average molecular weight is 577 g/mol. The summed E-state index contributed by atoms with van der Waals surface area (Å²) in [6.45, 7) is 4.46. The second-order valence-electron chi connectivity index (χ2n) is 8.51. The number of unbranched alkanes of at least 4 members (excludes halogenated alkanes) is 1. The lowest BCUT2D eigenvalue weighted by Crippen LogP contribution is -2.48. The first kappa shape index (κ1) is 30.2. The van der Waals surface area contributed by atoms with E-state index in [1.54, 1.807) is 49.4 Å². The quantitative estimate of drug-likeness (QED) is 0.318. The van der Waals surface area contributed by atoms with Crippen LogP contribution in [0.1, 0.15) is 45.1 Å². The average Bonchev–Trinajstić information content (AvgIpc) is 2.81. The zero-order valence-electron chi connectivity index (χ0n) is 20.6. The van der Waals surface area contributed by atoms with Crippen molar-refractivity contribution in [3.05, 3.63) is 63.1 Å². The van der Waals surface area contributed by atoms with Crippen molar-refractivity contribution in [1.29, 1.82) is 0 Å². The smallest absolute Gasteiger partial charge is 0.242 e. The van der Waals surface area contributed by atoms with E-state index >= 15 is 0 Å². The first-order chi connectivity index (χ1) is 16.9. The minimum absolute atomic E-state index is 0.0422. The lowest BCUT2D eigenvalue weighted by atomic mass is 10.1. The van der Waals surface area contributed by atoms with Gasteiger partial charge in [0, 0.05) is 31.1 Å². The summed E-state index contributed by atoms with van der Waals surface area (Å²) < 4.78 is 26.0. The van der Waals surface area contributed by atoms with Gasteiger partial charge in [-0.1, -0.05) is 60.3 Å². The lowest BCUT2D eigenvalue weighted by Gasteiger charge is -2.29. The Hall–Kier alpha value is -2.00. The molecule has 0 radical (unpaired) electrons. The van der Waals surface area contributed by atoms with Crippen molar-refractivity contribution in [2.45, 2.75) is 52.1 Å². The Morgan fingerprint density at radius 1 is 1.03 bits per heavy atom. The van der Waals surface area contributed by atoms with Crippen LogP contribution in [0.15, 0.2) is 42.5 Å². The number of nitrogens with one attached hydrogen (secondary N) is 1. The zero-order valence-corrected chi connectivity index (χ0v) is 23.7. The molecule has 2 aromatic rings. The number of carbonyl (C=O) groups excluding carboxylic acids is 2. The van der Waals surface area contributed by atoms with E-state index in [-0.39, 0.29) is 37.7 Å². The van der Waals surface area contributed by atoms with Crippen LogP contribution in [0.4, 0.5) is 5.69 Å². The fraction of sp³-hybridized carbons (Fsp3) is 0.440. The lowest BCUT2D eigenvalue weighted by molar-refractivity contribution is -0.140. The molecule has 0 aliphatic rings. The Morgan fingerprint density at radius 3 is 2.36 bits per heavy atom. The van der Waals surface area contributed by atoms with Crippen molar-refractivity contribution in [1.82, 2.24) is 10.2 Å². The molecule has 0 spiro atoms. The first-order valence-electron chi connectivity index (χ1n) is 11.7. The summed E-state index contributed by atoms with van der Waals surface area (Å²) in [6.07, 6.45) is 3.17. The maximum atomic E-state index is 13.3. The first-order valence-corrected chi connectivity index (χ1v) is 14.7. The molecule has 0 fully saturated rings. The van der Waals surface area contributed by atoms with Gasteiger partial charge in [-0.05, 0) is 55.7 Å². The van der Waals surface area contributed by atoms with Crippen molar-refractivity contribution in [2.75, 3.05) is 23.7 Å². The fourth-order valence-corrected chi connectivity index (χ4v) is 5.05. The van der Waals surface area contributed by atoms with Crippen molar-refractivity contribution in [2.24, 2.45) is 0 Å². The maximum Gasteiger partial charge on any atom is 0.242 e. The van der Waals surface area contributed by atoms with Crippen LogP contribution in [-0.2, 0) is 26.2 Å². The minimum Gasteiger partial charge on any atom is -0.354 e. The van der Waals surface area contributed by atoms with E-state index in [0.717, 1.165) is 24.7 Å². The number of halogens is 3. The van der Waals surface area contributed by atoms with Crippen LogP contribution in [0.25, 0.3) is 0 Å². The number of amides is 2. The number of anilines is 1. The topological polar surface area (TPSA) is 86.8 Å². The summed E-state index contributed by atoms with van der Waals surface area (Å²) in [4.78, 5) is 27.5. The molecule has 1 unspecified atom stereocenters. The van der Waals surface area contributed by atoms with E-state index in [1.165, 1.54) is 9.21 Å². The molecule has 7 nitrogen and oxygen atoms in total. The molecule has 36 heavy (non-hydrogen) atoms. The molecule has 0 heterocycles. The van der Waals surface area contributed by atoms with Crippen LogP contribution in [0.2, 0.25) is 15.1 Å². The standard InChI is InChI=1S/C25H32Cl3N3O4S/c1-4-5-13-29-25(33)18(2)30(17-19-11-12-22(27)23(28)15-19)24(32)10-7-14-31(36(3,34)35)21-9-6-8-20(26)16-21/h6,8-9,11-12,15-16,18H,4-5,7,10,13-14,17H2,1-3H3,(H,29,33). The summed E-state index contributed by atoms with van der Waals surface area (Å²) in [5.74, 6) is -0.535.